The molecule has 0 amide bonds. The van der Waals surface area contributed by atoms with Gasteiger partial charge in [0.15, 0.2) is 0 Å². The molecule has 19 heavy (non-hydrogen) atoms. The van der Waals surface area contributed by atoms with Gasteiger partial charge in [-0.25, -0.2) is 9.18 Å². The highest BCUT2D eigenvalue weighted by Crippen LogP contribution is 2.31. The Kier molecular flexibility index (Phi) is 4.40. The molecule has 0 heterocycles. The molecule has 0 saturated heterocycles. The Hall–Kier alpha value is -1.58. The average molecular weight is 266 g/mol. The summed E-state index contributed by atoms with van der Waals surface area (Å²) in [5.74, 6) is -0.791. The van der Waals surface area contributed by atoms with Crippen LogP contribution >= 0.6 is 0 Å². The van der Waals surface area contributed by atoms with Crippen LogP contribution in [-0.4, -0.2) is 17.2 Å². The number of rotatable bonds is 4. The van der Waals surface area contributed by atoms with E-state index in [0.29, 0.717) is 5.92 Å². The maximum absolute atomic E-state index is 13.1. The predicted octanol–water partition coefficient (Wildman–Crippen LogP) is 3.87. The lowest BCUT2D eigenvalue weighted by Crippen LogP contribution is -2.25. The van der Waals surface area contributed by atoms with Crippen molar-refractivity contribution < 1.29 is 19.0 Å². The Morgan fingerprint density at radius 2 is 2.26 bits per heavy atom. The normalized spacial score (nSPS) is 23.1. The van der Waals surface area contributed by atoms with Crippen molar-refractivity contribution in [3.63, 3.8) is 0 Å². The third-order valence-corrected chi connectivity index (χ3v) is 3.78. The molecule has 104 valence electrons. The van der Waals surface area contributed by atoms with E-state index in [4.69, 9.17) is 9.84 Å². The summed E-state index contributed by atoms with van der Waals surface area (Å²) < 4.78 is 18.9. The quantitative estimate of drug-likeness (QED) is 0.899. The smallest absolute Gasteiger partial charge is 0.339 e. The SMILES string of the molecule is CCC1CCCC(Oc2ccc(F)cc2C(=O)O)C1. The summed E-state index contributed by atoms with van der Waals surface area (Å²) in [5, 5.41) is 9.07. The molecule has 0 radical (unpaired) electrons. The highest BCUT2D eigenvalue weighted by atomic mass is 19.1. The van der Waals surface area contributed by atoms with Gasteiger partial charge >= 0.3 is 5.97 Å². The van der Waals surface area contributed by atoms with Crippen LogP contribution in [0.25, 0.3) is 0 Å². The number of halogens is 1. The third-order valence-electron chi connectivity index (χ3n) is 3.78. The first-order valence-corrected chi connectivity index (χ1v) is 6.79. The predicted molar refractivity (Wildman–Crippen MR) is 70.0 cm³/mol. The Morgan fingerprint density at radius 3 is 2.95 bits per heavy atom. The van der Waals surface area contributed by atoms with Crippen LogP contribution in [0.15, 0.2) is 18.2 Å². The second-order valence-corrected chi connectivity index (χ2v) is 5.13. The minimum Gasteiger partial charge on any atom is -0.490 e. The van der Waals surface area contributed by atoms with Gasteiger partial charge in [0.05, 0.1) is 6.10 Å². The third kappa shape index (κ3) is 3.46. The standard InChI is InChI=1S/C15H19FO3/c1-2-10-4-3-5-12(8-10)19-14-7-6-11(16)9-13(14)15(17)18/h6-7,9-10,12H,2-5,8H2,1H3,(H,17,18). The number of hydrogen-bond acceptors (Lipinski definition) is 2. The van der Waals surface area contributed by atoms with E-state index >= 15 is 0 Å². The van der Waals surface area contributed by atoms with E-state index in [2.05, 4.69) is 6.92 Å². The molecule has 1 saturated carbocycles. The summed E-state index contributed by atoms with van der Waals surface area (Å²) >= 11 is 0. The van der Waals surface area contributed by atoms with E-state index in [1.54, 1.807) is 0 Å². The number of carboxylic acid groups (broad SMARTS) is 1. The van der Waals surface area contributed by atoms with Crippen molar-refractivity contribution in [2.75, 3.05) is 0 Å². The van der Waals surface area contributed by atoms with Crippen LogP contribution in [0.1, 0.15) is 49.4 Å². The fourth-order valence-corrected chi connectivity index (χ4v) is 2.67. The second-order valence-electron chi connectivity index (χ2n) is 5.13. The maximum Gasteiger partial charge on any atom is 0.339 e. The number of aromatic carboxylic acids is 1. The van der Waals surface area contributed by atoms with Crippen LogP contribution in [0.5, 0.6) is 5.75 Å². The molecular formula is C15H19FO3. The Labute approximate surface area is 112 Å². The summed E-state index contributed by atoms with van der Waals surface area (Å²) in [6, 6.07) is 3.66. The molecule has 1 aliphatic rings. The number of ether oxygens (including phenoxy) is 1. The molecule has 1 fully saturated rings. The van der Waals surface area contributed by atoms with Crippen molar-refractivity contribution in [2.24, 2.45) is 5.92 Å². The topological polar surface area (TPSA) is 46.5 Å². The maximum atomic E-state index is 13.1. The van der Waals surface area contributed by atoms with Crippen LogP contribution in [0.3, 0.4) is 0 Å². The molecule has 0 aliphatic heterocycles. The van der Waals surface area contributed by atoms with Gasteiger partial charge in [0.2, 0.25) is 0 Å². The first-order valence-electron chi connectivity index (χ1n) is 6.79. The summed E-state index contributed by atoms with van der Waals surface area (Å²) in [7, 11) is 0. The summed E-state index contributed by atoms with van der Waals surface area (Å²) in [6.45, 7) is 2.16. The number of benzene rings is 1. The van der Waals surface area contributed by atoms with E-state index in [9.17, 15) is 9.18 Å². The molecule has 2 atom stereocenters. The molecule has 0 bridgehead atoms. The average Bonchev–Trinajstić information content (AvgIpc) is 2.41. The van der Waals surface area contributed by atoms with E-state index < -0.39 is 11.8 Å². The van der Waals surface area contributed by atoms with Crippen LogP contribution < -0.4 is 4.74 Å². The van der Waals surface area contributed by atoms with E-state index in [1.807, 2.05) is 0 Å². The van der Waals surface area contributed by atoms with Crippen molar-refractivity contribution in [3.05, 3.63) is 29.6 Å². The van der Waals surface area contributed by atoms with Gasteiger partial charge in [0.1, 0.15) is 17.1 Å². The van der Waals surface area contributed by atoms with E-state index in [0.717, 1.165) is 31.7 Å². The molecular weight excluding hydrogens is 247 g/mol. The minimum absolute atomic E-state index is 0.0438. The molecule has 4 heteroatoms. The lowest BCUT2D eigenvalue weighted by Gasteiger charge is -2.29. The molecule has 0 spiro atoms. The van der Waals surface area contributed by atoms with Crippen molar-refractivity contribution in [1.29, 1.82) is 0 Å². The molecule has 2 unspecified atom stereocenters. The molecule has 1 aromatic carbocycles. The zero-order valence-electron chi connectivity index (χ0n) is 11.1. The van der Waals surface area contributed by atoms with Gasteiger partial charge in [-0.2, -0.15) is 0 Å². The molecule has 0 aromatic heterocycles. The van der Waals surface area contributed by atoms with Crippen molar-refractivity contribution in [2.45, 2.75) is 45.1 Å². The van der Waals surface area contributed by atoms with Gasteiger partial charge in [-0.1, -0.05) is 19.8 Å². The molecule has 1 aromatic rings. The largest absolute Gasteiger partial charge is 0.490 e. The van der Waals surface area contributed by atoms with Gasteiger partial charge < -0.3 is 9.84 Å². The minimum atomic E-state index is -1.16. The highest BCUT2D eigenvalue weighted by Gasteiger charge is 2.24. The summed E-state index contributed by atoms with van der Waals surface area (Å²) in [6.07, 6.45) is 5.37. The number of hydrogen-bond donors (Lipinski definition) is 1. The van der Waals surface area contributed by atoms with Gasteiger partial charge in [-0.3, -0.25) is 0 Å². The lowest BCUT2D eigenvalue weighted by molar-refractivity contribution is 0.0681. The summed E-state index contributed by atoms with van der Waals surface area (Å²) in [5.41, 5.74) is -0.0985. The number of carbonyl (C=O) groups is 1. The summed E-state index contributed by atoms with van der Waals surface area (Å²) in [4.78, 5) is 11.1. The van der Waals surface area contributed by atoms with Crippen molar-refractivity contribution in [1.82, 2.24) is 0 Å². The van der Waals surface area contributed by atoms with Crippen molar-refractivity contribution >= 4 is 5.97 Å². The zero-order chi connectivity index (χ0) is 13.8. The second kappa shape index (κ2) is 6.04. The first kappa shape index (κ1) is 13.8. The molecule has 1 N–H and O–H groups in total. The Balaban J connectivity index is 2.12. The zero-order valence-corrected chi connectivity index (χ0v) is 11.1. The van der Waals surface area contributed by atoms with E-state index in [1.165, 1.54) is 18.6 Å². The molecule has 2 rings (SSSR count). The lowest BCUT2D eigenvalue weighted by atomic mass is 9.85. The van der Waals surface area contributed by atoms with Gasteiger partial charge in [0, 0.05) is 0 Å². The van der Waals surface area contributed by atoms with Crippen LogP contribution in [0.2, 0.25) is 0 Å². The van der Waals surface area contributed by atoms with Gasteiger partial charge in [0.25, 0.3) is 0 Å². The molecule has 1 aliphatic carbocycles. The van der Waals surface area contributed by atoms with Gasteiger partial charge in [-0.05, 0) is 43.4 Å². The monoisotopic (exact) mass is 266 g/mol. The van der Waals surface area contributed by atoms with Gasteiger partial charge in [-0.15, -0.1) is 0 Å². The Bertz CT molecular complexity index is 459. The fourth-order valence-electron chi connectivity index (χ4n) is 2.67. The van der Waals surface area contributed by atoms with Crippen LogP contribution in [-0.2, 0) is 0 Å². The molecule has 3 nitrogen and oxygen atoms in total. The Morgan fingerprint density at radius 1 is 1.47 bits per heavy atom. The van der Waals surface area contributed by atoms with E-state index in [-0.39, 0.29) is 17.4 Å². The number of carboxylic acids is 1. The first-order chi connectivity index (χ1) is 9.10. The van der Waals surface area contributed by atoms with Crippen molar-refractivity contribution in [3.8, 4) is 5.75 Å². The fraction of sp³-hybridized carbons (Fsp3) is 0.533. The van der Waals surface area contributed by atoms with Crippen LogP contribution in [0.4, 0.5) is 4.39 Å². The highest BCUT2D eigenvalue weighted by molar-refractivity contribution is 5.90. The van der Waals surface area contributed by atoms with Crippen LogP contribution in [0, 0.1) is 11.7 Å².